The van der Waals surface area contributed by atoms with E-state index in [1.165, 1.54) is 0 Å². The standard InChI is InChI=1S/C16H25NO7S/c1-8-24-16(7-25-8)6-17(4-2-9(16)3-5-17)14-12(20)10(18)11(19)13(23-14)15(21)22/h8-14,18-20H,2-7H2,1H3/p+1/t8-,9?,10+,11+,12-,13-,14-,16-,17?/m1/s1. The van der Waals surface area contributed by atoms with Gasteiger partial charge in [0.15, 0.2) is 12.2 Å². The molecule has 5 heterocycles. The Morgan fingerprint density at radius 2 is 1.84 bits per heavy atom. The molecule has 25 heavy (non-hydrogen) atoms. The normalized spacial score (nSPS) is 55.6. The summed E-state index contributed by atoms with van der Waals surface area (Å²) in [5.74, 6) is 0.0239. The topological polar surface area (TPSA) is 116 Å². The molecule has 2 bridgehead atoms. The molecule has 0 amide bonds. The van der Waals surface area contributed by atoms with E-state index >= 15 is 0 Å². The molecule has 0 saturated carbocycles. The second-order valence-electron chi connectivity index (χ2n) is 7.92. The van der Waals surface area contributed by atoms with E-state index < -0.39 is 36.6 Å². The quantitative estimate of drug-likeness (QED) is 0.452. The largest absolute Gasteiger partial charge is 0.479 e. The maximum atomic E-state index is 11.4. The van der Waals surface area contributed by atoms with Gasteiger partial charge in [0.05, 0.1) is 13.1 Å². The lowest BCUT2D eigenvalue weighted by atomic mass is 9.73. The smallest absolute Gasteiger partial charge is 0.335 e. The van der Waals surface area contributed by atoms with Crippen LogP contribution in [0.2, 0.25) is 0 Å². The van der Waals surface area contributed by atoms with Crippen LogP contribution in [0, 0.1) is 5.92 Å². The van der Waals surface area contributed by atoms with E-state index in [1.54, 1.807) is 11.8 Å². The number of rotatable bonds is 2. The third-order valence-corrected chi connectivity index (χ3v) is 7.73. The number of carbonyl (C=O) groups is 1. The summed E-state index contributed by atoms with van der Waals surface area (Å²) in [5, 5.41) is 40.0. The molecule has 0 aromatic carbocycles. The van der Waals surface area contributed by atoms with Crippen LogP contribution in [0.3, 0.4) is 0 Å². The fourth-order valence-electron chi connectivity index (χ4n) is 5.25. The van der Waals surface area contributed by atoms with Crippen molar-refractivity contribution in [3.8, 4) is 0 Å². The van der Waals surface area contributed by atoms with Crippen LogP contribution < -0.4 is 0 Å². The first-order valence-corrected chi connectivity index (χ1v) is 9.91. The highest BCUT2D eigenvalue weighted by atomic mass is 32.2. The van der Waals surface area contributed by atoms with Crippen molar-refractivity contribution in [1.82, 2.24) is 0 Å². The van der Waals surface area contributed by atoms with Gasteiger partial charge in [-0.3, -0.25) is 4.48 Å². The summed E-state index contributed by atoms with van der Waals surface area (Å²) in [6.07, 6.45) is -5.07. The highest BCUT2D eigenvalue weighted by molar-refractivity contribution is 8.00. The molecule has 0 aromatic rings. The fraction of sp³-hybridized carbons (Fsp3) is 0.938. The second kappa shape index (κ2) is 6.05. The van der Waals surface area contributed by atoms with E-state index in [2.05, 4.69) is 0 Å². The van der Waals surface area contributed by atoms with Crippen molar-refractivity contribution in [1.29, 1.82) is 0 Å². The highest BCUT2D eigenvalue weighted by Crippen LogP contribution is 2.51. The Kier molecular flexibility index (Phi) is 4.35. The Bertz CT molecular complexity index is 555. The molecule has 0 unspecified atom stereocenters. The van der Waals surface area contributed by atoms with Crippen LogP contribution in [-0.4, -0.2) is 97.9 Å². The zero-order chi connectivity index (χ0) is 18.0. The number of thioether (sulfide) groups is 1. The predicted molar refractivity (Wildman–Crippen MR) is 87.6 cm³/mol. The monoisotopic (exact) mass is 376 g/mol. The number of carboxylic acids is 1. The molecule has 8 nitrogen and oxygen atoms in total. The van der Waals surface area contributed by atoms with Gasteiger partial charge in [-0.15, -0.1) is 11.8 Å². The van der Waals surface area contributed by atoms with E-state index in [-0.39, 0.29) is 11.0 Å². The number of nitrogens with zero attached hydrogens (tertiary/aromatic N) is 1. The summed E-state index contributed by atoms with van der Waals surface area (Å²) in [6.45, 7) is 4.19. The average Bonchev–Trinajstić information content (AvgIpc) is 2.93. The molecule has 0 radical (unpaired) electrons. The van der Waals surface area contributed by atoms with Crippen molar-refractivity contribution < 1.29 is 39.2 Å². The summed E-state index contributed by atoms with van der Waals surface area (Å²) < 4.78 is 12.3. The first-order chi connectivity index (χ1) is 11.8. The van der Waals surface area contributed by atoms with Gasteiger partial charge in [-0.1, -0.05) is 0 Å². The highest BCUT2D eigenvalue weighted by Gasteiger charge is 2.64. The number of aliphatic hydroxyl groups excluding tert-OH is 3. The Morgan fingerprint density at radius 3 is 2.40 bits per heavy atom. The molecule has 5 aliphatic rings. The summed E-state index contributed by atoms with van der Waals surface area (Å²) in [7, 11) is 0. The molecule has 5 rings (SSSR count). The van der Waals surface area contributed by atoms with Crippen molar-refractivity contribution >= 4 is 17.7 Å². The lowest BCUT2D eigenvalue weighted by Gasteiger charge is -2.60. The van der Waals surface area contributed by atoms with E-state index in [0.29, 0.717) is 16.9 Å². The van der Waals surface area contributed by atoms with Crippen LogP contribution in [0.1, 0.15) is 19.8 Å². The fourth-order valence-corrected chi connectivity index (χ4v) is 6.42. The summed E-state index contributed by atoms with van der Waals surface area (Å²) in [5.41, 5.74) is -0.152. The van der Waals surface area contributed by atoms with Crippen LogP contribution in [0.15, 0.2) is 0 Å². The van der Waals surface area contributed by atoms with Crippen molar-refractivity contribution in [2.24, 2.45) is 5.92 Å². The Hall–Kier alpha value is -0.420. The van der Waals surface area contributed by atoms with E-state index in [4.69, 9.17) is 9.47 Å². The third kappa shape index (κ3) is 2.63. The molecule has 4 N–H and O–H groups in total. The van der Waals surface area contributed by atoms with Crippen LogP contribution in [-0.2, 0) is 14.3 Å². The third-order valence-electron chi connectivity index (χ3n) is 6.51. The van der Waals surface area contributed by atoms with Crippen molar-refractivity contribution in [3.05, 3.63) is 0 Å². The predicted octanol–water partition coefficient (Wildman–Crippen LogP) is -1.03. The van der Waals surface area contributed by atoms with E-state index in [0.717, 1.165) is 31.7 Å². The van der Waals surface area contributed by atoms with Gasteiger partial charge >= 0.3 is 5.97 Å². The number of aliphatic hydroxyl groups is 3. The van der Waals surface area contributed by atoms with Crippen LogP contribution in [0.4, 0.5) is 0 Å². The second-order valence-corrected chi connectivity index (χ2v) is 9.20. The first-order valence-electron chi connectivity index (χ1n) is 8.86. The van der Waals surface area contributed by atoms with Crippen molar-refractivity contribution in [2.75, 3.05) is 25.4 Å². The van der Waals surface area contributed by atoms with Gasteiger partial charge in [-0.2, -0.15) is 0 Å². The molecule has 9 heteroatoms. The van der Waals surface area contributed by atoms with E-state index in [1.807, 2.05) is 6.92 Å². The lowest BCUT2D eigenvalue weighted by Crippen LogP contribution is -2.78. The minimum absolute atomic E-state index is 0.122. The zero-order valence-corrected chi connectivity index (χ0v) is 15.0. The minimum atomic E-state index is -1.64. The summed E-state index contributed by atoms with van der Waals surface area (Å²) in [6, 6.07) is 0. The number of carboxylic acid groups (broad SMARTS) is 1. The maximum absolute atomic E-state index is 11.4. The minimum Gasteiger partial charge on any atom is -0.479 e. The summed E-state index contributed by atoms with van der Waals surface area (Å²) >= 11 is 1.78. The lowest BCUT2D eigenvalue weighted by molar-refractivity contribution is -0.996. The molecular weight excluding hydrogens is 350 g/mol. The van der Waals surface area contributed by atoms with Gasteiger partial charge in [0.25, 0.3) is 0 Å². The molecule has 5 aliphatic heterocycles. The molecule has 1 spiro atoms. The van der Waals surface area contributed by atoms with Gasteiger partial charge < -0.3 is 29.9 Å². The van der Waals surface area contributed by atoms with Crippen LogP contribution in [0.5, 0.6) is 0 Å². The Labute approximate surface area is 150 Å². The number of ether oxygens (including phenoxy) is 2. The molecule has 142 valence electrons. The van der Waals surface area contributed by atoms with Gasteiger partial charge in [0, 0.05) is 24.5 Å². The van der Waals surface area contributed by atoms with Crippen molar-refractivity contribution in [2.45, 2.75) is 61.4 Å². The number of hydrogen-bond donors (Lipinski definition) is 4. The molecule has 5 saturated heterocycles. The maximum Gasteiger partial charge on any atom is 0.335 e. The molecule has 0 aliphatic carbocycles. The van der Waals surface area contributed by atoms with Gasteiger partial charge in [0.1, 0.15) is 29.8 Å². The van der Waals surface area contributed by atoms with Crippen LogP contribution >= 0.6 is 11.8 Å². The first kappa shape index (κ1) is 18.0. The zero-order valence-electron chi connectivity index (χ0n) is 14.2. The number of fused-ring (bicyclic) bond motifs is 2. The van der Waals surface area contributed by atoms with Gasteiger partial charge in [-0.05, 0) is 6.92 Å². The molecule has 7 atom stereocenters. The summed E-state index contributed by atoms with van der Waals surface area (Å²) in [4.78, 5) is 11.4. The SMILES string of the molecule is C[C@@H]1O[C@@]2(CS1)C[N+]1([C@@H]3O[C@@H](C(=O)O)[C@@H](O)[C@H](O)[C@H]3O)CCC2CC1. The van der Waals surface area contributed by atoms with E-state index in [9.17, 15) is 25.2 Å². The van der Waals surface area contributed by atoms with Gasteiger partial charge in [0.2, 0.25) is 6.23 Å². The number of piperidine rings is 3. The van der Waals surface area contributed by atoms with Gasteiger partial charge in [-0.25, -0.2) is 4.79 Å². The van der Waals surface area contributed by atoms with Crippen molar-refractivity contribution in [3.63, 3.8) is 0 Å². The molecule has 0 aromatic heterocycles. The number of hydrogen-bond acceptors (Lipinski definition) is 7. The molecule has 5 fully saturated rings. The average molecular weight is 376 g/mol. The van der Waals surface area contributed by atoms with Crippen LogP contribution in [0.25, 0.3) is 0 Å². The molecular formula is C16H26NO7S+. The number of quaternary nitrogens is 1. The number of aliphatic carboxylic acids is 1. The Morgan fingerprint density at radius 1 is 1.16 bits per heavy atom. The Balaban J connectivity index is 1.64.